The van der Waals surface area contributed by atoms with Crippen molar-refractivity contribution in [3.63, 3.8) is 0 Å². The van der Waals surface area contributed by atoms with Gasteiger partial charge in [0.2, 0.25) is 0 Å². The van der Waals surface area contributed by atoms with Gasteiger partial charge in [-0.1, -0.05) is 27.7 Å². The second-order valence-electron chi connectivity index (χ2n) is 17.5. The molecule has 0 aromatic rings. The first kappa shape index (κ1) is 35.2. The van der Waals surface area contributed by atoms with Gasteiger partial charge in [-0.05, 0) is 146 Å². The number of carbonyl (C=O) groups is 3. The van der Waals surface area contributed by atoms with E-state index in [9.17, 15) is 14.4 Å². The highest BCUT2D eigenvalue weighted by molar-refractivity contribution is 5.80. The molecule has 4 aliphatic carbocycles. The summed E-state index contributed by atoms with van der Waals surface area (Å²) in [7, 11) is 0. The van der Waals surface area contributed by atoms with Gasteiger partial charge in [0.25, 0.3) is 0 Å². The Hall–Kier alpha value is -1.66. The van der Waals surface area contributed by atoms with E-state index in [0.29, 0.717) is 42.4 Å². The molecule has 0 bridgehead atoms. The van der Waals surface area contributed by atoms with Crippen molar-refractivity contribution in [3.8, 4) is 0 Å². The topological polar surface area (TPSA) is 78.9 Å². The van der Waals surface area contributed by atoms with Crippen LogP contribution in [0.5, 0.6) is 0 Å². The number of halogens is 1. The molecule has 4 fully saturated rings. The van der Waals surface area contributed by atoms with Crippen LogP contribution in [0.3, 0.4) is 0 Å². The Kier molecular flexibility index (Phi) is 10.3. The normalized spacial score (nSPS) is 38.4. The van der Waals surface area contributed by atoms with E-state index in [4.69, 9.17) is 14.2 Å². The molecule has 0 saturated heterocycles. The fraction of sp³-hybridized carbons (Fsp3) is 0.919. The molecule has 7 heteroatoms. The Labute approximate surface area is 266 Å². The number of hydrogen-bond donors (Lipinski definition) is 0. The number of esters is 3. The van der Waals surface area contributed by atoms with Gasteiger partial charge in [-0.25, -0.2) is 4.39 Å². The maximum absolute atomic E-state index is 16.3. The number of alkyl halides is 1. The zero-order chi connectivity index (χ0) is 32.8. The monoisotopic (exact) mass is 620 g/mol. The summed E-state index contributed by atoms with van der Waals surface area (Å²) >= 11 is 0. The molecule has 4 rings (SSSR count). The van der Waals surface area contributed by atoms with Crippen molar-refractivity contribution >= 4 is 17.9 Å². The molecule has 4 saturated carbocycles. The summed E-state index contributed by atoms with van der Waals surface area (Å²) < 4.78 is 33.0. The molecule has 44 heavy (non-hydrogen) atoms. The Bertz CT molecular complexity index is 1060. The third kappa shape index (κ3) is 7.48. The van der Waals surface area contributed by atoms with Gasteiger partial charge in [0.1, 0.15) is 23.5 Å². The highest BCUT2D eigenvalue weighted by Gasteiger charge is 2.62. The van der Waals surface area contributed by atoms with Gasteiger partial charge in [-0.3, -0.25) is 14.4 Å². The molecule has 0 radical (unpaired) electrons. The zero-order valence-electron chi connectivity index (χ0n) is 29.3. The van der Waals surface area contributed by atoms with E-state index in [1.807, 2.05) is 20.8 Å². The van der Waals surface area contributed by atoms with Crippen LogP contribution < -0.4 is 0 Å². The largest absolute Gasteiger partial charge is 0.460 e. The molecule has 252 valence electrons. The fourth-order valence-electron chi connectivity index (χ4n) is 10.3. The molecule has 0 aromatic carbocycles. The first-order valence-electron chi connectivity index (χ1n) is 17.5. The lowest BCUT2D eigenvalue weighted by Gasteiger charge is -2.61. The van der Waals surface area contributed by atoms with E-state index in [1.54, 1.807) is 27.7 Å². The first-order chi connectivity index (χ1) is 20.2. The van der Waals surface area contributed by atoms with E-state index in [2.05, 4.69) is 20.8 Å². The standard InChI is InChI=1S/C37H61FO6/c1-22(11-16-30(39)43-34(3,4)5)25-14-15-26-24-12-13-28-32(38)29(18-20-37(28,10)27(24)17-19-36(25,26)9)42-33(41)23(2)21-31(40)44-35(6,7)8/h22-29,32H,11-21H2,1-10H3/t22-,23+,24+,25?,26+,27+,28-,29?,32-,36-,37-/m1/s1. The number of hydrogen-bond acceptors (Lipinski definition) is 6. The van der Waals surface area contributed by atoms with Crippen LogP contribution in [0.25, 0.3) is 0 Å². The molecule has 0 N–H and O–H groups in total. The third-order valence-corrected chi connectivity index (χ3v) is 12.2. The number of ether oxygens (including phenoxy) is 3. The van der Waals surface area contributed by atoms with E-state index in [1.165, 1.54) is 19.3 Å². The predicted molar refractivity (Wildman–Crippen MR) is 169 cm³/mol. The lowest BCUT2D eigenvalue weighted by Crippen LogP contribution is -2.58. The highest BCUT2D eigenvalue weighted by atomic mass is 19.1. The van der Waals surface area contributed by atoms with Crippen molar-refractivity contribution in [2.45, 2.75) is 163 Å². The quantitative estimate of drug-likeness (QED) is 0.200. The molecule has 0 spiro atoms. The second-order valence-corrected chi connectivity index (χ2v) is 17.5. The Morgan fingerprint density at radius 1 is 0.773 bits per heavy atom. The van der Waals surface area contributed by atoms with Gasteiger partial charge in [0.15, 0.2) is 0 Å². The van der Waals surface area contributed by atoms with E-state index in [0.717, 1.165) is 32.1 Å². The molecule has 0 aliphatic heterocycles. The number of fused-ring (bicyclic) bond motifs is 5. The lowest BCUT2D eigenvalue weighted by atomic mass is 9.44. The second kappa shape index (κ2) is 12.9. The minimum atomic E-state index is -1.18. The van der Waals surface area contributed by atoms with Crippen LogP contribution >= 0.6 is 0 Å². The SMILES string of the molecule is C[C@H](CCC(=O)OC(C)(C)C)C1CC[C@H]2[C@@H]3CC[C@@H]4[C@@H](F)C(OC(=O)[C@@H](C)CC(=O)OC(C)(C)C)CC[C@]4(C)[C@H]3CC[C@]12C. The van der Waals surface area contributed by atoms with Crippen molar-refractivity contribution in [2.24, 2.45) is 52.3 Å². The van der Waals surface area contributed by atoms with E-state index < -0.39 is 41.3 Å². The molecule has 4 aliphatic rings. The third-order valence-electron chi connectivity index (χ3n) is 12.2. The smallest absolute Gasteiger partial charge is 0.309 e. The van der Waals surface area contributed by atoms with Gasteiger partial charge in [0.05, 0.1) is 12.3 Å². The maximum Gasteiger partial charge on any atom is 0.309 e. The summed E-state index contributed by atoms with van der Waals surface area (Å²) in [5.41, 5.74) is -0.885. The van der Waals surface area contributed by atoms with Crippen LogP contribution in [-0.2, 0) is 28.6 Å². The molecule has 0 heterocycles. The van der Waals surface area contributed by atoms with Crippen molar-refractivity contribution < 1.29 is 33.0 Å². The summed E-state index contributed by atoms with van der Waals surface area (Å²) in [6, 6.07) is 0. The van der Waals surface area contributed by atoms with Crippen LogP contribution in [0, 0.1) is 52.3 Å². The summed E-state index contributed by atoms with van der Waals surface area (Å²) in [5.74, 6) is 1.01. The summed E-state index contributed by atoms with van der Waals surface area (Å²) in [4.78, 5) is 37.6. The van der Waals surface area contributed by atoms with Gasteiger partial charge in [-0.15, -0.1) is 0 Å². The zero-order valence-corrected chi connectivity index (χ0v) is 29.3. The predicted octanol–water partition coefficient (Wildman–Crippen LogP) is 8.63. The van der Waals surface area contributed by atoms with Gasteiger partial charge < -0.3 is 14.2 Å². The minimum Gasteiger partial charge on any atom is -0.460 e. The number of rotatable bonds is 8. The number of carbonyl (C=O) groups excluding carboxylic acids is 3. The van der Waals surface area contributed by atoms with Crippen molar-refractivity contribution in [2.75, 3.05) is 0 Å². The van der Waals surface area contributed by atoms with Crippen LogP contribution in [0.2, 0.25) is 0 Å². The average Bonchev–Trinajstić information content (AvgIpc) is 3.24. The molecule has 0 aromatic heterocycles. The van der Waals surface area contributed by atoms with Gasteiger partial charge in [-0.2, -0.15) is 0 Å². The molecule has 11 atom stereocenters. The summed E-state index contributed by atoms with van der Waals surface area (Å²) in [6.07, 6.45) is 7.40. The van der Waals surface area contributed by atoms with Crippen LogP contribution in [-0.4, -0.2) is 41.4 Å². The van der Waals surface area contributed by atoms with Crippen molar-refractivity contribution in [1.82, 2.24) is 0 Å². The summed E-state index contributed by atoms with van der Waals surface area (Å²) in [6.45, 7) is 20.0. The maximum atomic E-state index is 16.3. The minimum absolute atomic E-state index is 0.0640. The Balaban J connectivity index is 1.36. The highest BCUT2D eigenvalue weighted by Crippen LogP contribution is 2.68. The molecule has 2 unspecified atom stereocenters. The van der Waals surface area contributed by atoms with Gasteiger partial charge in [0, 0.05) is 6.42 Å². The lowest BCUT2D eigenvalue weighted by molar-refractivity contribution is -0.184. The fourth-order valence-corrected chi connectivity index (χ4v) is 10.3. The van der Waals surface area contributed by atoms with Crippen molar-refractivity contribution in [1.29, 1.82) is 0 Å². The first-order valence-corrected chi connectivity index (χ1v) is 17.5. The van der Waals surface area contributed by atoms with Crippen LogP contribution in [0.1, 0.15) is 140 Å². The van der Waals surface area contributed by atoms with Crippen LogP contribution in [0.4, 0.5) is 4.39 Å². The molecule has 0 amide bonds. The van der Waals surface area contributed by atoms with Crippen LogP contribution in [0.15, 0.2) is 0 Å². The van der Waals surface area contributed by atoms with E-state index in [-0.39, 0.29) is 29.1 Å². The molecular formula is C37H61FO6. The van der Waals surface area contributed by atoms with Crippen molar-refractivity contribution in [3.05, 3.63) is 0 Å². The summed E-state index contributed by atoms with van der Waals surface area (Å²) in [5, 5.41) is 0. The Morgan fingerprint density at radius 2 is 1.34 bits per heavy atom. The van der Waals surface area contributed by atoms with Gasteiger partial charge >= 0.3 is 17.9 Å². The molecular weight excluding hydrogens is 559 g/mol. The molecule has 6 nitrogen and oxygen atoms in total. The van der Waals surface area contributed by atoms with E-state index >= 15 is 4.39 Å². The Morgan fingerprint density at radius 3 is 1.98 bits per heavy atom. The average molecular weight is 621 g/mol.